The van der Waals surface area contributed by atoms with Crippen LogP contribution in [0.4, 0.5) is 0 Å². The highest BCUT2D eigenvalue weighted by Gasteiger charge is 2.81. The molecule has 0 radical (unpaired) electrons. The number of Topliss-reactive ketones (excluding diaryl/α,β-unsaturated/α-hetero) is 1. The van der Waals surface area contributed by atoms with Crippen molar-refractivity contribution in [2.75, 3.05) is 0 Å². The number of rotatable bonds is 3. The Labute approximate surface area is 191 Å². The minimum atomic E-state index is -0.479. The first-order chi connectivity index (χ1) is 15.2. The van der Waals surface area contributed by atoms with E-state index in [-0.39, 0.29) is 11.3 Å². The molecule has 0 aromatic carbocycles. The summed E-state index contributed by atoms with van der Waals surface area (Å²) in [4.78, 5) is 13.4. The highest BCUT2D eigenvalue weighted by molar-refractivity contribution is 5.82. The number of aliphatic hydroxyl groups is 1. The van der Waals surface area contributed by atoms with Crippen molar-refractivity contribution < 1.29 is 9.90 Å². The van der Waals surface area contributed by atoms with E-state index in [4.69, 9.17) is 5.26 Å². The Balaban J connectivity index is 1.23. The third-order valence-electron chi connectivity index (χ3n) is 11.7. The van der Waals surface area contributed by atoms with E-state index in [9.17, 15) is 9.90 Å². The first kappa shape index (κ1) is 20.9. The zero-order valence-electron chi connectivity index (χ0n) is 19.8. The van der Waals surface area contributed by atoms with Crippen LogP contribution in [0.2, 0.25) is 0 Å². The fraction of sp³-hybridized carbons (Fsp3) is 0.815. The Morgan fingerprint density at radius 1 is 1.19 bits per heavy atom. The van der Waals surface area contributed by atoms with Gasteiger partial charge in [-0.3, -0.25) is 9.48 Å². The van der Waals surface area contributed by atoms with Gasteiger partial charge < -0.3 is 5.11 Å². The van der Waals surface area contributed by atoms with Crippen molar-refractivity contribution in [2.45, 2.75) is 90.7 Å². The van der Waals surface area contributed by atoms with E-state index in [1.54, 1.807) is 17.1 Å². The molecule has 5 aliphatic carbocycles. The second-order valence-electron chi connectivity index (χ2n) is 12.7. The lowest BCUT2D eigenvalue weighted by Crippen LogP contribution is -2.51. The molecule has 32 heavy (non-hydrogen) atoms. The fourth-order valence-corrected chi connectivity index (χ4v) is 10.4. The van der Waals surface area contributed by atoms with Gasteiger partial charge in [0, 0.05) is 12.1 Å². The molecule has 172 valence electrons. The molecule has 5 aliphatic rings. The Hall–Kier alpha value is -1.67. The lowest BCUT2D eigenvalue weighted by Gasteiger charge is -2.56. The second kappa shape index (κ2) is 6.47. The zero-order chi connectivity index (χ0) is 22.5. The molecule has 0 amide bonds. The number of nitrogens with zero attached hydrogens (tertiary/aromatic N) is 3. The average Bonchev–Trinajstić information content (AvgIpc) is 3.09. The standard InChI is InChI=1S/C27H37N3O2/c1-17-26-9-6-19-20-4-5-22(23(31)15-30-14-18(12-28)13-29-30)25(20,3)8-7-21(19)27(17,26)11-10-24(2,32)16-26/h13-14,17,19-22,32H,4-11,15-16H2,1-3H3/t17-,19+,20?,21?,22-,24-,25+,26-,27+/m1/s1. The number of ketones is 1. The number of aromatic nitrogens is 2. The quantitative estimate of drug-likeness (QED) is 0.744. The molecule has 1 N–H and O–H groups in total. The van der Waals surface area contributed by atoms with E-state index >= 15 is 0 Å². The van der Waals surface area contributed by atoms with Gasteiger partial charge in [-0.05, 0) is 105 Å². The monoisotopic (exact) mass is 435 g/mol. The van der Waals surface area contributed by atoms with Crippen LogP contribution in [0.25, 0.3) is 0 Å². The Kier molecular flexibility index (Phi) is 4.22. The van der Waals surface area contributed by atoms with Crippen LogP contribution in [0.15, 0.2) is 12.4 Å². The highest BCUT2D eigenvalue weighted by Crippen LogP contribution is 2.86. The van der Waals surface area contributed by atoms with Gasteiger partial charge in [0.15, 0.2) is 5.78 Å². The third kappa shape index (κ3) is 2.48. The zero-order valence-corrected chi connectivity index (χ0v) is 19.8. The predicted octanol–water partition coefficient (Wildman–Crippen LogP) is 4.73. The Bertz CT molecular complexity index is 1010. The van der Waals surface area contributed by atoms with Gasteiger partial charge >= 0.3 is 0 Å². The predicted molar refractivity (Wildman–Crippen MR) is 120 cm³/mol. The van der Waals surface area contributed by atoms with Crippen LogP contribution in [-0.2, 0) is 11.3 Å². The van der Waals surface area contributed by atoms with Crippen molar-refractivity contribution in [1.82, 2.24) is 9.78 Å². The molecule has 0 bridgehead atoms. The van der Waals surface area contributed by atoms with Gasteiger partial charge in [-0.15, -0.1) is 0 Å². The molecule has 6 rings (SSSR count). The van der Waals surface area contributed by atoms with Gasteiger partial charge in [-0.25, -0.2) is 0 Å². The summed E-state index contributed by atoms with van der Waals surface area (Å²) >= 11 is 0. The molecule has 1 aromatic heterocycles. The Morgan fingerprint density at radius 2 is 2.00 bits per heavy atom. The van der Waals surface area contributed by atoms with Gasteiger partial charge in [0.25, 0.3) is 0 Å². The van der Waals surface area contributed by atoms with E-state index in [2.05, 4.69) is 31.9 Å². The number of hydrogen-bond donors (Lipinski definition) is 1. The van der Waals surface area contributed by atoms with Crippen LogP contribution >= 0.6 is 0 Å². The highest BCUT2D eigenvalue weighted by atomic mass is 16.3. The largest absolute Gasteiger partial charge is 0.390 e. The van der Waals surface area contributed by atoms with Crippen molar-refractivity contribution >= 4 is 5.78 Å². The van der Waals surface area contributed by atoms with Gasteiger partial charge in [0.2, 0.25) is 0 Å². The molecule has 0 spiro atoms. The smallest absolute Gasteiger partial charge is 0.157 e. The van der Waals surface area contributed by atoms with Crippen molar-refractivity contribution in [1.29, 1.82) is 5.26 Å². The van der Waals surface area contributed by atoms with Crippen LogP contribution in [0.3, 0.4) is 0 Å². The molecular formula is C27H37N3O2. The summed E-state index contributed by atoms with van der Waals surface area (Å²) in [5, 5.41) is 24.2. The summed E-state index contributed by atoms with van der Waals surface area (Å²) in [5.74, 6) is 3.37. The minimum Gasteiger partial charge on any atom is -0.390 e. The summed E-state index contributed by atoms with van der Waals surface area (Å²) < 4.78 is 1.65. The maximum absolute atomic E-state index is 13.4. The number of hydrogen-bond acceptors (Lipinski definition) is 4. The summed E-state index contributed by atoms with van der Waals surface area (Å²) in [7, 11) is 0. The maximum atomic E-state index is 13.4. The SMILES string of the molecule is C[C@@H]1[C@]23CC[C@H]4C5CC[C@H](C(=O)Cn6cc(C#N)cn6)[C@@]5(C)CCC4[C@]12CC[C@@](C)(O)C3. The lowest BCUT2D eigenvalue weighted by atomic mass is 9.48. The van der Waals surface area contributed by atoms with Crippen LogP contribution in [0.5, 0.6) is 0 Å². The van der Waals surface area contributed by atoms with E-state index < -0.39 is 5.60 Å². The molecule has 0 aliphatic heterocycles. The topological polar surface area (TPSA) is 78.9 Å². The normalized spacial score (nSPS) is 51.0. The maximum Gasteiger partial charge on any atom is 0.157 e. The van der Waals surface area contributed by atoms with Crippen LogP contribution in [-0.4, -0.2) is 26.3 Å². The average molecular weight is 436 g/mol. The van der Waals surface area contributed by atoms with Gasteiger partial charge in [-0.1, -0.05) is 13.8 Å². The van der Waals surface area contributed by atoms with E-state index in [0.29, 0.717) is 34.6 Å². The van der Waals surface area contributed by atoms with Crippen molar-refractivity contribution in [3.8, 4) is 6.07 Å². The number of carbonyl (C=O) groups excluding carboxylic acids is 1. The van der Waals surface area contributed by atoms with Crippen LogP contribution in [0, 0.1) is 57.2 Å². The molecular weight excluding hydrogens is 398 g/mol. The first-order valence-corrected chi connectivity index (χ1v) is 12.8. The van der Waals surface area contributed by atoms with Crippen LogP contribution in [0.1, 0.15) is 84.1 Å². The Morgan fingerprint density at radius 3 is 2.75 bits per heavy atom. The molecule has 5 saturated carbocycles. The molecule has 5 nitrogen and oxygen atoms in total. The van der Waals surface area contributed by atoms with E-state index in [1.165, 1.54) is 38.5 Å². The first-order valence-electron chi connectivity index (χ1n) is 12.8. The van der Waals surface area contributed by atoms with Crippen molar-refractivity contribution in [3.05, 3.63) is 18.0 Å². The summed E-state index contributed by atoms with van der Waals surface area (Å²) in [6.07, 6.45) is 13.6. The number of carbonyl (C=O) groups is 1. The van der Waals surface area contributed by atoms with Gasteiger partial charge in [-0.2, -0.15) is 10.4 Å². The molecule has 5 heteroatoms. The molecule has 9 atom stereocenters. The molecule has 5 fully saturated rings. The molecule has 0 saturated heterocycles. The summed E-state index contributed by atoms with van der Waals surface area (Å²) in [5.41, 5.74) is 0.995. The molecule has 1 heterocycles. The second-order valence-corrected chi connectivity index (χ2v) is 12.7. The van der Waals surface area contributed by atoms with Crippen LogP contribution < -0.4 is 0 Å². The van der Waals surface area contributed by atoms with E-state index in [0.717, 1.165) is 37.0 Å². The molecule has 2 unspecified atom stereocenters. The van der Waals surface area contributed by atoms with Crippen molar-refractivity contribution in [2.24, 2.45) is 45.8 Å². The lowest BCUT2D eigenvalue weighted by molar-refractivity contribution is -0.133. The number of fused-ring (bicyclic) bond motifs is 3. The summed E-state index contributed by atoms with van der Waals surface area (Å²) in [6.45, 7) is 7.25. The fourth-order valence-electron chi connectivity index (χ4n) is 10.4. The summed E-state index contributed by atoms with van der Waals surface area (Å²) in [6, 6.07) is 2.10. The van der Waals surface area contributed by atoms with Gasteiger partial charge in [0.05, 0.1) is 23.9 Å². The van der Waals surface area contributed by atoms with Crippen molar-refractivity contribution in [3.63, 3.8) is 0 Å². The molecule has 1 aromatic rings. The number of nitriles is 1. The van der Waals surface area contributed by atoms with Gasteiger partial charge in [0.1, 0.15) is 6.07 Å². The third-order valence-corrected chi connectivity index (χ3v) is 11.7. The minimum absolute atomic E-state index is 0.110. The van der Waals surface area contributed by atoms with E-state index in [1.807, 2.05) is 0 Å².